The maximum Gasteiger partial charge on any atom is 0.416 e. The predicted molar refractivity (Wildman–Crippen MR) is 171 cm³/mol. The Morgan fingerprint density at radius 2 is 1.58 bits per heavy atom. The Morgan fingerprint density at radius 1 is 0.917 bits per heavy atom. The molecule has 9 nitrogen and oxygen atoms in total. The largest absolute Gasteiger partial charge is 0.506 e. The summed E-state index contributed by atoms with van der Waals surface area (Å²) in [5.74, 6) is 7.56. The molecule has 0 atom stereocenters. The summed E-state index contributed by atoms with van der Waals surface area (Å²) in [6, 6.07) is 7.88. The summed E-state index contributed by atoms with van der Waals surface area (Å²) in [5, 5.41) is 18.2. The van der Waals surface area contributed by atoms with Crippen LogP contribution in [0.15, 0.2) is 48.8 Å². The number of rotatable bonds is 5. The molecule has 1 aliphatic heterocycles. The SMILES string of the molecule is CN(CC12CC3CC(CC(C3)C1)C2)C(=O)c1ccc(N2CCN(C(=O)c3cc(C#Cc4cncc(O)c4)cc(C(F)(F)F)c3)CC2)nn1. The van der Waals surface area contributed by atoms with Gasteiger partial charge >= 0.3 is 6.18 Å². The molecule has 0 unspecified atom stereocenters. The number of alkyl halides is 3. The molecule has 0 spiro atoms. The van der Waals surface area contributed by atoms with Crippen LogP contribution >= 0.6 is 0 Å². The van der Waals surface area contributed by atoms with E-state index in [1.807, 2.05) is 16.8 Å². The lowest BCUT2D eigenvalue weighted by atomic mass is 9.49. The third-order valence-corrected chi connectivity index (χ3v) is 10.4. The fourth-order valence-corrected chi connectivity index (χ4v) is 8.81. The van der Waals surface area contributed by atoms with Gasteiger partial charge in [0.1, 0.15) is 5.75 Å². The van der Waals surface area contributed by atoms with Crippen molar-refractivity contribution in [3.05, 3.63) is 76.7 Å². The van der Waals surface area contributed by atoms with Crippen LogP contribution in [0.25, 0.3) is 0 Å². The monoisotopic (exact) mass is 658 g/mol. The van der Waals surface area contributed by atoms with E-state index in [1.54, 1.807) is 12.1 Å². The van der Waals surface area contributed by atoms with Gasteiger partial charge < -0.3 is 19.8 Å². The molecule has 3 aromatic rings. The molecule has 2 aromatic heterocycles. The number of halogens is 3. The standard InChI is InChI=1S/C36H37F3N6O3/c1-43(22-35-17-25-10-26(18-35)12-27(11-25)19-35)34(48)31-4-5-32(42-41-31)44-6-8-45(9-7-44)33(47)28-13-23(14-29(16-28)36(37,38)39)2-3-24-15-30(46)21-40-20-24/h4-5,13-16,20-21,25-27,46H,6-12,17-19,22H2,1H3. The van der Waals surface area contributed by atoms with E-state index >= 15 is 0 Å². The Morgan fingerprint density at radius 3 is 2.19 bits per heavy atom. The number of piperazine rings is 1. The van der Waals surface area contributed by atoms with Crippen molar-refractivity contribution in [3.8, 4) is 17.6 Å². The van der Waals surface area contributed by atoms with Crippen molar-refractivity contribution < 1.29 is 27.9 Å². The second-order valence-electron chi connectivity index (χ2n) is 14.1. The maximum absolute atomic E-state index is 13.7. The molecule has 5 aliphatic rings. The average molecular weight is 659 g/mol. The van der Waals surface area contributed by atoms with Crippen molar-refractivity contribution in [1.82, 2.24) is 25.0 Å². The lowest BCUT2D eigenvalue weighted by Crippen LogP contribution is -2.51. The summed E-state index contributed by atoms with van der Waals surface area (Å²) in [6.07, 6.45) is 5.65. The van der Waals surface area contributed by atoms with Crippen LogP contribution in [-0.4, -0.2) is 81.7 Å². The molecule has 48 heavy (non-hydrogen) atoms. The summed E-state index contributed by atoms with van der Waals surface area (Å²) in [7, 11) is 1.86. The van der Waals surface area contributed by atoms with Crippen molar-refractivity contribution in [1.29, 1.82) is 0 Å². The highest BCUT2D eigenvalue weighted by Gasteiger charge is 2.51. The number of anilines is 1. The van der Waals surface area contributed by atoms with Crippen LogP contribution in [0.1, 0.15) is 76.1 Å². The van der Waals surface area contributed by atoms with Gasteiger partial charge in [0.2, 0.25) is 0 Å². The topological polar surface area (TPSA) is 103 Å². The Hall–Kier alpha value is -4.66. The zero-order chi connectivity index (χ0) is 33.6. The van der Waals surface area contributed by atoms with Crippen molar-refractivity contribution >= 4 is 17.6 Å². The molecule has 1 saturated heterocycles. The molecule has 4 bridgehead atoms. The molecule has 4 aliphatic carbocycles. The second-order valence-corrected chi connectivity index (χ2v) is 14.1. The van der Waals surface area contributed by atoms with Gasteiger partial charge in [0.05, 0.1) is 11.8 Å². The number of pyridine rings is 1. The first-order chi connectivity index (χ1) is 22.9. The van der Waals surface area contributed by atoms with Crippen LogP contribution < -0.4 is 4.90 Å². The minimum absolute atomic E-state index is 0.0173. The first kappa shape index (κ1) is 31.9. The highest BCUT2D eigenvalue weighted by molar-refractivity contribution is 5.95. The van der Waals surface area contributed by atoms with Crippen LogP contribution in [-0.2, 0) is 6.18 Å². The Labute approximate surface area is 277 Å². The van der Waals surface area contributed by atoms with Gasteiger partial charge in [-0.2, -0.15) is 13.2 Å². The molecule has 1 aromatic carbocycles. The van der Waals surface area contributed by atoms with E-state index < -0.39 is 17.6 Å². The minimum atomic E-state index is -4.67. The molecular weight excluding hydrogens is 621 g/mol. The fraction of sp³-hybridized carbons (Fsp3) is 0.472. The summed E-state index contributed by atoms with van der Waals surface area (Å²) < 4.78 is 41.2. The predicted octanol–water partition coefficient (Wildman–Crippen LogP) is 5.25. The number of aromatic hydroxyl groups is 1. The Balaban J connectivity index is 0.980. The third kappa shape index (κ3) is 6.68. The molecule has 0 radical (unpaired) electrons. The second kappa shape index (κ2) is 12.4. The molecule has 2 amide bonds. The number of carbonyl (C=O) groups is 2. The van der Waals surface area contributed by atoms with E-state index in [4.69, 9.17) is 0 Å². The van der Waals surface area contributed by atoms with Gasteiger partial charge in [0, 0.05) is 62.7 Å². The third-order valence-electron chi connectivity index (χ3n) is 10.4. The number of hydrogen-bond donors (Lipinski definition) is 1. The van der Waals surface area contributed by atoms with Gasteiger partial charge in [0.15, 0.2) is 11.5 Å². The maximum atomic E-state index is 13.7. The molecule has 250 valence electrons. The molecule has 1 N–H and O–H groups in total. The number of carbonyl (C=O) groups excluding carboxylic acids is 2. The minimum Gasteiger partial charge on any atom is -0.506 e. The first-order valence-corrected chi connectivity index (χ1v) is 16.4. The number of aromatic nitrogens is 3. The van der Waals surface area contributed by atoms with Gasteiger partial charge in [-0.25, -0.2) is 0 Å². The van der Waals surface area contributed by atoms with E-state index in [1.165, 1.54) is 68.0 Å². The fourth-order valence-electron chi connectivity index (χ4n) is 8.81. The lowest BCUT2D eigenvalue weighted by Gasteiger charge is -2.57. The van der Waals surface area contributed by atoms with E-state index in [0.717, 1.165) is 36.4 Å². The van der Waals surface area contributed by atoms with Crippen LogP contribution in [0.3, 0.4) is 0 Å². The molecular formula is C36H37F3N6O3. The van der Waals surface area contributed by atoms with Gasteiger partial charge in [-0.05, 0) is 98.1 Å². The van der Waals surface area contributed by atoms with E-state index in [0.29, 0.717) is 30.2 Å². The first-order valence-electron chi connectivity index (χ1n) is 16.4. The van der Waals surface area contributed by atoms with Crippen molar-refractivity contribution in [2.24, 2.45) is 23.2 Å². The van der Waals surface area contributed by atoms with Crippen molar-refractivity contribution in [2.75, 3.05) is 44.7 Å². The number of nitrogens with zero attached hydrogens (tertiary/aromatic N) is 6. The van der Waals surface area contributed by atoms with Gasteiger partial charge in [-0.3, -0.25) is 14.6 Å². The van der Waals surface area contributed by atoms with Gasteiger partial charge in [-0.15, -0.1) is 10.2 Å². The molecule has 5 fully saturated rings. The Kier molecular flexibility index (Phi) is 8.26. The smallest absolute Gasteiger partial charge is 0.416 e. The van der Waals surface area contributed by atoms with Crippen LogP contribution in [0.4, 0.5) is 19.0 Å². The highest BCUT2D eigenvalue weighted by Crippen LogP contribution is 2.60. The van der Waals surface area contributed by atoms with E-state index in [2.05, 4.69) is 27.0 Å². The molecule has 3 heterocycles. The Bertz CT molecular complexity index is 1740. The lowest BCUT2D eigenvalue weighted by molar-refractivity contribution is -0.137. The van der Waals surface area contributed by atoms with E-state index in [-0.39, 0.29) is 41.3 Å². The number of hydrogen-bond acceptors (Lipinski definition) is 7. The average Bonchev–Trinajstić information content (AvgIpc) is 3.05. The summed E-state index contributed by atoms with van der Waals surface area (Å²) in [6.45, 7) is 2.08. The van der Waals surface area contributed by atoms with Gasteiger partial charge in [0.25, 0.3) is 11.8 Å². The normalized spacial score (nSPS) is 24.6. The highest BCUT2D eigenvalue weighted by atomic mass is 19.4. The van der Waals surface area contributed by atoms with Crippen molar-refractivity contribution in [3.63, 3.8) is 0 Å². The van der Waals surface area contributed by atoms with Gasteiger partial charge in [-0.1, -0.05) is 11.8 Å². The van der Waals surface area contributed by atoms with Crippen LogP contribution in [0.2, 0.25) is 0 Å². The summed E-state index contributed by atoms with van der Waals surface area (Å²) in [4.78, 5) is 35.8. The zero-order valence-electron chi connectivity index (χ0n) is 26.7. The zero-order valence-corrected chi connectivity index (χ0v) is 26.7. The molecule has 8 rings (SSSR count). The quantitative estimate of drug-likeness (QED) is 0.374. The van der Waals surface area contributed by atoms with Crippen LogP contribution in [0, 0.1) is 35.0 Å². The number of amides is 2. The van der Waals surface area contributed by atoms with Crippen LogP contribution in [0.5, 0.6) is 5.75 Å². The summed E-state index contributed by atoms with van der Waals surface area (Å²) >= 11 is 0. The molecule has 4 saturated carbocycles. The molecule has 12 heteroatoms. The number of benzene rings is 1. The summed E-state index contributed by atoms with van der Waals surface area (Å²) in [5.41, 5.74) is -0.221. The van der Waals surface area contributed by atoms with E-state index in [9.17, 15) is 27.9 Å². The van der Waals surface area contributed by atoms with Crippen molar-refractivity contribution in [2.45, 2.75) is 44.7 Å².